The molecule has 0 radical (unpaired) electrons. The van der Waals surface area contributed by atoms with Gasteiger partial charge in [-0.05, 0) is 98.5 Å². The molecule has 4 aromatic heterocycles. The van der Waals surface area contributed by atoms with E-state index in [-0.39, 0.29) is 0 Å². The van der Waals surface area contributed by atoms with Crippen LogP contribution in [-0.2, 0) is 38.2 Å². The molecule has 2 aromatic carbocycles. The van der Waals surface area contributed by atoms with E-state index in [0.29, 0.717) is 0 Å². The molecule has 0 amide bonds. The molecule has 6 aromatic rings. The molecule has 4 aliphatic heterocycles. The molecule has 3 aliphatic carbocycles. The van der Waals surface area contributed by atoms with Gasteiger partial charge in [-0.25, -0.2) is 4.98 Å². The van der Waals surface area contributed by atoms with Crippen LogP contribution in [0.2, 0.25) is 0 Å². The molecule has 0 unspecified atom stereocenters. The molecule has 93 heavy (non-hydrogen) atoms. The van der Waals surface area contributed by atoms with E-state index in [1.54, 1.807) is 61.5 Å². The lowest BCUT2D eigenvalue weighted by Crippen LogP contribution is -2.16. The summed E-state index contributed by atoms with van der Waals surface area (Å²) in [7, 11) is 0. The van der Waals surface area contributed by atoms with Crippen molar-refractivity contribution in [3.8, 4) is 0 Å². The van der Waals surface area contributed by atoms with E-state index in [2.05, 4.69) is 110 Å². The first-order valence-corrected chi connectivity index (χ1v) is 35.4. The molecule has 0 atom stereocenters. The molecule has 15 heteroatoms. The van der Waals surface area contributed by atoms with E-state index in [1.807, 2.05) is 219 Å². The lowest BCUT2D eigenvalue weighted by molar-refractivity contribution is -0.329. The number of hydrogen-bond donors (Lipinski definition) is 4. The molecule has 1 saturated carbocycles. The van der Waals surface area contributed by atoms with Gasteiger partial charge in [-0.1, -0.05) is 276 Å². The number of nitrogens with zero attached hydrogens (tertiary/aromatic N) is 5. The van der Waals surface area contributed by atoms with Crippen molar-refractivity contribution in [3.63, 3.8) is 0 Å². The molecular formula is C78H139F2N9O4. The van der Waals surface area contributed by atoms with Crippen molar-refractivity contribution in [2.24, 2.45) is 0 Å². The SMILES string of the molecule is C1=CNCC1.C1=COCCC1.C1=COCCN1.C1=Cc2ccccc2C1.C1CCCCC1.CC.CC.CC.CC.CC.CC.CC.CC.CC.CC.CC.FC1(F)OC=CO1.c1cc2c([nH]1)CCCC2.c1ccccc1.c1ccncc1.c1cnccn1.c1nc[nH]n1. The Morgan fingerprint density at radius 3 is 1.16 bits per heavy atom. The lowest BCUT2D eigenvalue weighted by Gasteiger charge is -2.08. The Hall–Kier alpha value is -7.55. The number of nitrogens with one attached hydrogen (secondary N) is 4. The summed E-state index contributed by atoms with van der Waals surface area (Å²) < 4.78 is 39.8. The van der Waals surface area contributed by atoms with E-state index >= 15 is 0 Å². The monoisotopic (exact) mass is 1300 g/mol. The number of hydrogen-bond acceptors (Lipinski definition) is 11. The van der Waals surface area contributed by atoms with Crippen molar-refractivity contribution in [3.05, 3.63) is 219 Å². The summed E-state index contributed by atoms with van der Waals surface area (Å²) in [6.45, 7) is 47.8. The van der Waals surface area contributed by atoms with Gasteiger partial charge in [0.25, 0.3) is 0 Å². The Morgan fingerprint density at radius 2 is 0.892 bits per heavy atom. The van der Waals surface area contributed by atoms with Crippen LogP contribution in [0.25, 0.3) is 6.08 Å². The summed E-state index contributed by atoms with van der Waals surface area (Å²) in [5, 5.41) is 12.0. The molecule has 0 spiro atoms. The van der Waals surface area contributed by atoms with Gasteiger partial charge in [0.15, 0.2) is 0 Å². The number of benzene rings is 2. The lowest BCUT2D eigenvalue weighted by atomic mass is 9.98. The van der Waals surface area contributed by atoms with Crippen LogP contribution >= 0.6 is 0 Å². The van der Waals surface area contributed by atoms with E-state index in [9.17, 15) is 8.78 Å². The summed E-state index contributed by atoms with van der Waals surface area (Å²) in [6.07, 6.45) is 48.0. The first-order chi connectivity index (χ1) is 46.1. The molecule has 534 valence electrons. The quantitative estimate of drug-likeness (QED) is 0.115. The number of H-pyrrole nitrogens is 2. The van der Waals surface area contributed by atoms with Gasteiger partial charge in [-0.15, -0.1) is 8.78 Å². The van der Waals surface area contributed by atoms with Crippen LogP contribution in [0.4, 0.5) is 8.78 Å². The van der Waals surface area contributed by atoms with Crippen LogP contribution in [0.15, 0.2) is 197 Å². The summed E-state index contributed by atoms with van der Waals surface area (Å²) in [6, 6.07) is 28.4. The van der Waals surface area contributed by atoms with Gasteiger partial charge in [0.1, 0.15) is 31.8 Å². The molecular weight excluding hydrogens is 1160 g/mol. The first kappa shape index (κ1) is 104. The van der Waals surface area contributed by atoms with Crippen LogP contribution in [0.3, 0.4) is 0 Å². The van der Waals surface area contributed by atoms with E-state index < -0.39 is 6.29 Å². The largest absolute Gasteiger partial charge is 0.585 e. The highest BCUT2D eigenvalue weighted by molar-refractivity contribution is 5.59. The number of allylic oxidation sites excluding steroid dienone is 2. The zero-order valence-corrected chi connectivity index (χ0v) is 62.9. The van der Waals surface area contributed by atoms with Crippen molar-refractivity contribution in [1.82, 2.24) is 45.8 Å². The molecule has 8 heterocycles. The van der Waals surface area contributed by atoms with Crippen molar-refractivity contribution in [1.29, 1.82) is 0 Å². The number of alkyl halides is 2. The Bertz CT molecular complexity index is 1940. The third-order valence-electron chi connectivity index (χ3n) is 9.91. The van der Waals surface area contributed by atoms with Gasteiger partial charge in [-0.3, -0.25) is 20.1 Å². The molecule has 4 N–H and O–H groups in total. The van der Waals surface area contributed by atoms with Crippen molar-refractivity contribution in [2.75, 3.05) is 26.3 Å². The number of fused-ring (bicyclic) bond motifs is 2. The molecule has 0 bridgehead atoms. The first-order valence-electron chi connectivity index (χ1n) is 35.4. The maximum absolute atomic E-state index is 11.4. The average molecular weight is 1310 g/mol. The topological polar surface area (TPSA) is 157 Å². The van der Waals surface area contributed by atoms with Crippen LogP contribution in [0.1, 0.15) is 245 Å². The van der Waals surface area contributed by atoms with Crippen LogP contribution in [-0.4, -0.2) is 67.7 Å². The fraction of sp³-hybridized carbons (Fsp3) is 0.526. The van der Waals surface area contributed by atoms with E-state index in [0.717, 1.165) is 45.2 Å². The third kappa shape index (κ3) is 86.5. The number of halogens is 2. The van der Waals surface area contributed by atoms with Gasteiger partial charge in [0, 0.05) is 68.4 Å². The van der Waals surface area contributed by atoms with Crippen LogP contribution in [0.5, 0.6) is 0 Å². The van der Waals surface area contributed by atoms with Crippen molar-refractivity contribution in [2.45, 2.75) is 249 Å². The fourth-order valence-electron chi connectivity index (χ4n) is 6.41. The smallest absolute Gasteiger partial charge is 0.502 e. The molecule has 13 nitrogen and oxygen atoms in total. The zero-order chi connectivity index (χ0) is 72.1. The molecule has 0 saturated heterocycles. The maximum atomic E-state index is 11.4. The second-order valence-electron chi connectivity index (χ2n) is 15.5. The number of rotatable bonds is 0. The summed E-state index contributed by atoms with van der Waals surface area (Å²) >= 11 is 0. The average Bonchev–Trinajstić information content (AvgIpc) is 2.20. The summed E-state index contributed by atoms with van der Waals surface area (Å²) in [5.74, 6) is 0. The van der Waals surface area contributed by atoms with Crippen LogP contribution in [0, 0.1) is 0 Å². The normalized spacial score (nSPS) is 12.6. The minimum absolute atomic E-state index is 0.792. The Balaban J connectivity index is -0.000000116. The predicted octanol–water partition coefficient (Wildman–Crippen LogP) is 23.8. The molecule has 7 aliphatic rings. The van der Waals surface area contributed by atoms with Gasteiger partial charge in [-0.2, -0.15) is 5.10 Å². The zero-order valence-electron chi connectivity index (χ0n) is 62.9. The number of pyridine rings is 1. The van der Waals surface area contributed by atoms with Gasteiger partial charge >= 0.3 is 6.29 Å². The molecule has 13 rings (SSSR count). The van der Waals surface area contributed by atoms with E-state index in [4.69, 9.17) is 9.47 Å². The minimum atomic E-state index is -3.42. The van der Waals surface area contributed by atoms with Crippen molar-refractivity contribution < 1.29 is 27.7 Å². The Labute approximate surface area is 570 Å². The van der Waals surface area contributed by atoms with Gasteiger partial charge in [0.05, 0.1) is 19.1 Å². The van der Waals surface area contributed by atoms with Gasteiger partial charge in [0.2, 0.25) is 0 Å². The number of aromatic amines is 2. The fourth-order valence-corrected chi connectivity index (χ4v) is 6.41. The van der Waals surface area contributed by atoms with Crippen molar-refractivity contribution >= 4 is 6.08 Å². The molecule has 1 fully saturated rings. The number of aryl methyl sites for hydroxylation is 2. The summed E-state index contributed by atoms with van der Waals surface area (Å²) in [4.78, 5) is 18.0. The maximum Gasteiger partial charge on any atom is 0.585 e. The number of ether oxygens (including phenoxy) is 4. The third-order valence-corrected chi connectivity index (χ3v) is 9.91. The highest BCUT2D eigenvalue weighted by Crippen LogP contribution is 2.22. The Morgan fingerprint density at radius 1 is 0.409 bits per heavy atom. The highest BCUT2D eigenvalue weighted by Gasteiger charge is 2.35. The summed E-state index contributed by atoms with van der Waals surface area (Å²) in [5.41, 5.74) is 5.86. The van der Waals surface area contributed by atoms with Gasteiger partial charge < -0.3 is 34.6 Å². The second kappa shape index (κ2) is 106. The number of aromatic nitrogens is 7. The van der Waals surface area contributed by atoms with Crippen LogP contribution < -0.4 is 10.6 Å². The predicted molar refractivity (Wildman–Crippen MR) is 404 cm³/mol. The highest BCUT2D eigenvalue weighted by atomic mass is 19.3. The Kier molecular flexibility index (Phi) is 119. The minimum Gasteiger partial charge on any atom is -0.502 e. The standard InChI is InChI=1S/C9H8.C8H11N.C6H12.C6H6.C5H5N.C5H8O.C4H4N2.C4H7NO.C4H7N.C3H2F2O2.C2H3N3.11C2H6/c1-2-5-9-7-3-6-8(9)4-1;1-2-4-8-7(3-1)5-6-9-8;4*1-2-4-6-5-3-1;1-2-6-4-3-5-1;1-3-6-4-2-5-1;1-2-4-5-3-1;4-3(5)6-1-2-7-3;1-3-2-5-4-1;11*1-2/h1-6H,7H2;5-6,9H,1-4H2;1-6H2;1-6H;1-5H;2,4H,1,3,5H2;1-4H;1,3,5H,2,4H2;1,3,5H,2,4H2;1-2H;1-2H,(H,3,4,5);11*1-2H3. The van der Waals surface area contributed by atoms with E-state index in [1.165, 1.54) is 113 Å². The second-order valence-corrected chi connectivity index (χ2v) is 15.5.